The summed E-state index contributed by atoms with van der Waals surface area (Å²) in [5, 5.41) is 3.05. The fourth-order valence-corrected chi connectivity index (χ4v) is 1.30. The van der Waals surface area contributed by atoms with Crippen LogP contribution in [0.2, 0.25) is 0 Å². The number of carbonyl (C=O) groups is 1. The molecular formula is C9H11N3O2. The monoisotopic (exact) mass is 193 g/mol. The van der Waals surface area contributed by atoms with Gasteiger partial charge < -0.3 is 10.1 Å². The lowest BCUT2D eigenvalue weighted by Crippen LogP contribution is -2.11. The van der Waals surface area contributed by atoms with Gasteiger partial charge in [0.2, 0.25) is 0 Å². The second-order valence-corrected chi connectivity index (χ2v) is 2.88. The van der Waals surface area contributed by atoms with E-state index in [4.69, 9.17) is 4.74 Å². The van der Waals surface area contributed by atoms with Crippen LogP contribution in [0.5, 0.6) is 0 Å². The van der Waals surface area contributed by atoms with Crippen LogP contribution in [0.3, 0.4) is 0 Å². The lowest BCUT2D eigenvalue weighted by atomic mass is 10.3. The van der Waals surface area contributed by atoms with Crippen molar-refractivity contribution in [3.8, 4) is 0 Å². The highest BCUT2D eigenvalue weighted by Crippen LogP contribution is 2.17. The van der Waals surface area contributed by atoms with Crippen LogP contribution in [0.15, 0.2) is 17.4 Å². The van der Waals surface area contributed by atoms with E-state index in [1.165, 1.54) is 4.57 Å². The van der Waals surface area contributed by atoms with Crippen LogP contribution in [0.4, 0.5) is 10.5 Å². The first-order chi connectivity index (χ1) is 6.81. The number of rotatable bonds is 1. The van der Waals surface area contributed by atoms with Crippen LogP contribution < -0.4 is 5.32 Å². The van der Waals surface area contributed by atoms with E-state index in [0.29, 0.717) is 13.3 Å². The van der Waals surface area contributed by atoms with E-state index < -0.39 is 0 Å². The third kappa shape index (κ3) is 1.48. The molecule has 14 heavy (non-hydrogen) atoms. The summed E-state index contributed by atoms with van der Waals surface area (Å²) in [6.45, 7) is 2.71. The first-order valence-electron chi connectivity index (χ1n) is 4.44. The summed E-state index contributed by atoms with van der Waals surface area (Å²) in [6.07, 6.45) is 4.78. The molecule has 2 heterocycles. The van der Waals surface area contributed by atoms with Crippen molar-refractivity contribution in [2.45, 2.75) is 6.92 Å². The van der Waals surface area contributed by atoms with E-state index in [-0.39, 0.29) is 6.09 Å². The van der Waals surface area contributed by atoms with Crippen LogP contribution in [0.25, 0.3) is 0 Å². The molecule has 1 aliphatic rings. The lowest BCUT2D eigenvalue weighted by molar-refractivity contribution is 0.154. The van der Waals surface area contributed by atoms with Crippen molar-refractivity contribution < 1.29 is 9.53 Å². The van der Waals surface area contributed by atoms with Gasteiger partial charge in [-0.25, -0.2) is 4.79 Å². The topological polar surface area (TPSA) is 55.6 Å². The highest BCUT2D eigenvalue weighted by atomic mass is 16.5. The highest BCUT2D eigenvalue weighted by molar-refractivity contribution is 5.91. The van der Waals surface area contributed by atoms with Crippen LogP contribution in [0.1, 0.15) is 12.5 Å². The van der Waals surface area contributed by atoms with Gasteiger partial charge in [0, 0.05) is 24.2 Å². The van der Waals surface area contributed by atoms with Gasteiger partial charge in [-0.2, -0.15) is 0 Å². The molecule has 0 bridgehead atoms. The molecule has 2 rings (SSSR count). The van der Waals surface area contributed by atoms with Gasteiger partial charge >= 0.3 is 6.09 Å². The van der Waals surface area contributed by atoms with Crippen molar-refractivity contribution in [1.82, 2.24) is 4.57 Å². The van der Waals surface area contributed by atoms with Crippen molar-refractivity contribution in [3.05, 3.63) is 18.0 Å². The van der Waals surface area contributed by atoms with E-state index in [0.717, 1.165) is 11.3 Å². The predicted molar refractivity (Wildman–Crippen MR) is 52.9 cm³/mol. The van der Waals surface area contributed by atoms with Gasteiger partial charge in [-0.15, -0.1) is 0 Å². The highest BCUT2D eigenvalue weighted by Gasteiger charge is 2.12. The molecule has 0 radical (unpaired) electrons. The van der Waals surface area contributed by atoms with E-state index in [1.807, 2.05) is 0 Å². The summed E-state index contributed by atoms with van der Waals surface area (Å²) in [5.74, 6) is 0. The summed E-state index contributed by atoms with van der Waals surface area (Å²) in [4.78, 5) is 15.4. The van der Waals surface area contributed by atoms with Crippen LogP contribution in [0, 0.1) is 0 Å². The van der Waals surface area contributed by atoms with Gasteiger partial charge in [-0.3, -0.25) is 9.56 Å². The molecule has 5 heteroatoms. The molecule has 0 saturated carbocycles. The Morgan fingerprint density at radius 3 is 3.29 bits per heavy atom. The number of hydrogen-bond acceptors (Lipinski definition) is 4. The van der Waals surface area contributed by atoms with Crippen LogP contribution in [-0.4, -0.2) is 30.2 Å². The molecule has 0 atom stereocenters. The van der Waals surface area contributed by atoms with Gasteiger partial charge in [-0.05, 0) is 6.92 Å². The summed E-state index contributed by atoms with van der Waals surface area (Å²) in [5.41, 5.74) is 1.82. The Morgan fingerprint density at radius 2 is 2.57 bits per heavy atom. The molecule has 74 valence electrons. The molecule has 0 aromatic carbocycles. The first kappa shape index (κ1) is 8.80. The zero-order valence-electron chi connectivity index (χ0n) is 7.86. The van der Waals surface area contributed by atoms with Crippen molar-refractivity contribution in [2.24, 2.45) is 4.99 Å². The van der Waals surface area contributed by atoms with Crippen molar-refractivity contribution in [3.63, 3.8) is 0 Å². The van der Waals surface area contributed by atoms with Gasteiger partial charge in [0.15, 0.2) is 0 Å². The van der Waals surface area contributed by atoms with Gasteiger partial charge in [-0.1, -0.05) is 0 Å². The second-order valence-electron chi connectivity index (χ2n) is 2.88. The molecule has 5 nitrogen and oxygen atoms in total. The number of nitrogens with zero attached hydrogens (tertiary/aromatic N) is 2. The van der Waals surface area contributed by atoms with Crippen LogP contribution >= 0.6 is 0 Å². The van der Waals surface area contributed by atoms with Gasteiger partial charge in [0.05, 0.1) is 12.3 Å². The third-order valence-electron chi connectivity index (χ3n) is 1.93. The molecule has 0 saturated heterocycles. The number of nitrogens with one attached hydrogen (secondary N) is 1. The molecule has 0 unspecified atom stereocenters. The molecule has 0 aliphatic carbocycles. The number of aliphatic imine (C=N–C) groups is 1. The summed E-state index contributed by atoms with van der Waals surface area (Å²) >= 11 is 0. The molecule has 1 aromatic heterocycles. The molecule has 1 aromatic rings. The van der Waals surface area contributed by atoms with Crippen molar-refractivity contribution in [2.75, 3.05) is 18.6 Å². The smallest absolute Gasteiger partial charge is 0.418 e. The Hall–Kier alpha value is -1.78. The Balaban J connectivity index is 2.24. The SMILES string of the molecule is CCOC(=O)n1cc2c(c1)NCN=C2. The zero-order chi connectivity index (χ0) is 9.97. The molecule has 0 fully saturated rings. The zero-order valence-corrected chi connectivity index (χ0v) is 7.86. The van der Waals surface area contributed by atoms with Crippen molar-refractivity contribution in [1.29, 1.82) is 0 Å². The normalized spacial score (nSPS) is 13.2. The fraction of sp³-hybridized carbons (Fsp3) is 0.333. The molecule has 0 spiro atoms. The maximum atomic E-state index is 11.3. The average molecular weight is 193 g/mol. The summed E-state index contributed by atoms with van der Waals surface area (Å²) in [6, 6.07) is 0. The minimum Gasteiger partial charge on any atom is -0.449 e. The average Bonchev–Trinajstić information content (AvgIpc) is 2.61. The van der Waals surface area contributed by atoms with E-state index in [1.54, 1.807) is 25.5 Å². The lowest BCUT2D eigenvalue weighted by Gasteiger charge is -2.05. The molecule has 0 amide bonds. The molecule has 1 N–H and O–H groups in total. The quantitative estimate of drug-likeness (QED) is 0.731. The molecule has 1 aliphatic heterocycles. The van der Waals surface area contributed by atoms with E-state index >= 15 is 0 Å². The Bertz CT molecular complexity index is 381. The minimum absolute atomic E-state index is 0.364. The fourth-order valence-electron chi connectivity index (χ4n) is 1.30. The summed E-state index contributed by atoms with van der Waals surface area (Å²) < 4.78 is 6.27. The standard InChI is InChI=1S/C9H11N3O2/c1-2-14-9(13)12-4-7-3-10-6-11-8(7)5-12/h3-5,11H,2,6H2,1H3. The largest absolute Gasteiger partial charge is 0.449 e. The van der Waals surface area contributed by atoms with Crippen molar-refractivity contribution >= 4 is 18.0 Å². The Kier molecular flexibility index (Phi) is 2.22. The number of aromatic nitrogens is 1. The second kappa shape index (κ2) is 3.53. The van der Waals surface area contributed by atoms with Crippen LogP contribution in [-0.2, 0) is 4.74 Å². The number of fused-ring (bicyclic) bond motifs is 1. The number of carbonyl (C=O) groups excluding carboxylic acids is 1. The number of ether oxygens (including phenoxy) is 1. The van der Waals surface area contributed by atoms with E-state index in [2.05, 4.69) is 10.3 Å². The Morgan fingerprint density at radius 1 is 1.71 bits per heavy atom. The van der Waals surface area contributed by atoms with Gasteiger partial charge in [0.25, 0.3) is 0 Å². The third-order valence-corrected chi connectivity index (χ3v) is 1.93. The minimum atomic E-state index is -0.364. The number of anilines is 1. The Labute approximate surface area is 81.4 Å². The number of hydrogen-bond donors (Lipinski definition) is 1. The van der Waals surface area contributed by atoms with E-state index in [9.17, 15) is 4.79 Å². The first-order valence-corrected chi connectivity index (χ1v) is 4.44. The molecular weight excluding hydrogens is 182 g/mol. The predicted octanol–water partition coefficient (Wildman–Crippen LogP) is 1.29. The van der Waals surface area contributed by atoms with Gasteiger partial charge in [0.1, 0.15) is 6.67 Å². The maximum absolute atomic E-state index is 11.3. The maximum Gasteiger partial charge on any atom is 0.418 e. The summed E-state index contributed by atoms with van der Waals surface area (Å²) in [7, 11) is 0.